The van der Waals surface area contributed by atoms with Gasteiger partial charge >= 0.3 is 0 Å². The third-order valence-corrected chi connectivity index (χ3v) is 3.81. The molecule has 3 rings (SSSR count). The molecule has 6 heteroatoms. The Kier molecular flexibility index (Phi) is 3.01. The van der Waals surface area contributed by atoms with Crippen molar-refractivity contribution in [2.24, 2.45) is 0 Å². The molecule has 3 aromatic rings. The van der Waals surface area contributed by atoms with Crippen LogP contribution in [0.25, 0.3) is 11.2 Å². The van der Waals surface area contributed by atoms with E-state index in [1.807, 2.05) is 22.9 Å². The van der Waals surface area contributed by atoms with Crippen LogP contribution in [0.1, 0.15) is 16.4 Å². The molecule has 0 amide bonds. The Morgan fingerprint density at radius 2 is 2.22 bits per heavy atom. The van der Waals surface area contributed by atoms with E-state index in [2.05, 4.69) is 15.0 Å². The van der Waals surface area contributed by atoms with E-state index in [1.165, 1.54) is 0 Å². The minimum Gasteiger partial charge on any atom is -0.305 e. The molecule has 0 aromatic carbocycles. The summed E-state index contributed by atoms with van der Waals surface area (Å²) in [5.41, 5.74) is 2.91. The van der Waals surface area contributed by atoms with Crippen molar-refractivity contribution >= 4 is 34.1 Å². The number of pyridine rings is 1. The van der Waals surface area contributed by atoms with Crippen LogP contribution in [0, 0.1) is 6.92 Å². The van der Waals surface area contributed by atoms with Gasteiger partial charge in [0.2, 0.25) is 0 Å². The van der Waals surface area contributed by atoms with Gasteiger partial charge in [0.15, 0.2) is 5.65 Å². The van der Waals surface area contributed by atoms with Gasteiger partial charge in [0, 0.05) is 17.8 Å². The molecule has 4 nitrogen and oxygen atoms in total. The van der Waals surface area contributed by atoms with Crippen molar-refractivity contribution in [3.8, 4) is 0 Å². The highest BCUT2D eigenvalue weighted by molar-refractivity contribution is 7.09. The maximum atomic E-state index is 5.97. The second-order valence-electron chi connectivity index (χ2n) is 3.97. The van der Waals surface area contributed by atoms with Crippen LogP contribution in [0.3, 0.4) is 0 Å². The maximum absolute atomic E-state index is 5.97. The monoisotopic (exact) mass is 278 g/mol. The number of fused-ring (bicyclic) bond motifs is 1. The Balaban J connectivity index is 2.17. The Bertz CT molecular complexity index is 675. The molecule has 92 valence electrons. The fourth-order valence-corrected chi connectivity index (χ4v) is 2.73. The van der Waals surface area contributed by atoms with Gasteiger partial charge in [-0.15, -0.1) is 22.9 Å². The van der Waals surface area contributed by atoms with Crippen LogP contribution < -0.4 is 0 Å². The van der Waals surface area contributed by atoms with Gasteiger partial charge in [0.1, 0.15) is 16.3 Å². The first-order valence-corrected chi connectivity index (χ1v) is 6.96. The molecule has 0 N–H and O–H groups in total. The Morgan fingerprint density at radius 1 is 1.33 bits per heavy atom. The first kappa shape index (κ1) is 11.6. The van der Waals surface area contributed by atoms with Crippen LogP contribution in [0.2, 0.25) is 0 Å². The molecule has 0 aliphatic rings. The number of nitrogens with zero attached hydrogens (tertiary/aromatic N) is 4. The fourth-order valence-electron chi connectivity index (χ4n) is 1.92. The van der Waals surface area contributed by atoms with E-state index in [0.717, 1.165) is 27.6 Å². The van der Waals surface area contributed by atoms with Crippen molar-refractivity contribution in [2.75, 3.05) is 0 Å². The second kappa shape index (κ2) is 4.66. The molecule has 0 aliphatic carbocycles. The highest BCUT2D eigenvalue weighted by atomic mass is 35.5. The van der Waals surface area contributed by atoms with Gasteiger partial charge in [0.25, 0.3) is 0 Å². The van der Waals surface area contributed by atoms with Crippen molar-refractivity contribution in [3.63, 3.8) is 0 Å². The largest absolute Gasteiger partial charge is 0.305 e. The number of halogens is 1. The standard InChI is InChI=1S/C12H11ClN4S/c1-8-2-3-15-12-11(8)16-9(6-13)17(12)7-10-14-4-5-18-10/h2-5H,6-7H2,1H3. The van der Waals surface area contributed by atoms with Crippen LogP contribution >= 0.6 is 22.9 Å². The maximum Gasteiger partial charge on any atom is 0.160 e. The zero-order valence-electron chi connectivity index (χ0n) is 9.80. The molecule has 0 aliphatic heterocycles. The molecule has 0 unspecified atom stereocenters. The van der Waals surface area contributed by atoms with Crippen molar-refractivity contribution in [1.82, 2.24) is 19.5 Å². The van der Waals surface area contributed by atoms with Gasteiger partial charge < -0.3 is 4.57 Å². The van der Waals surface area contributed by atoms with E-state index >= 15 is 0 Å². The predicted octanol–water partition coefficient (Wildman–Crippen LogP) is 2.98. The quantitative estimate of drug-likeness (QED) is 0.692. The Morgan fingerprint density at radius 3 is 2.94 bits per heavy atom. The summed E-state index contributed by atoms with van der Waals surface area (Å²) in [5, 5.41) is 3.00. The molecule has 0 saturated carbocycles. The topological polar surface area (TPSA) is 43.6 Å². The smallest absolute Gasteiger partial charge is 0.160 e. The van der Waals surface area contributed by atoms with E-state index in [0.29, 0.717) is 12.4 Å². The molecule has 0 saturated heterocycles. The number of hydrogen-bond acceptors (Lipinski definition) is 4. The number of rotatable bonds is 3. The fraction of sp³-hybridized carbons (Fsp3) is 0.250. The summed E-state index contributed by atoms with van der Waals surface area (Å²) in [6, 6.07) is 1.96. The lowest BCUT2D eigenvalue weighted by Crippen LogP contribution is -2.04. The van der Waals surface area contributed by atoms with E-state index in [9.17, 15) is 0 Å². The highest BCUT2D eigenvalue weighted by Gasteiger charge is 2.13. The summed E-state index contributed by atoms with van der Waals surface area (Å²) in [6.45, 7) is 2.70. The molecule has 0 fully saturated rings. The summed E-state index contributed by atoms with van der Waals surface area (Å²) in [5.74, 6) is 1.21. The number of imidazole rings is 1. The first-order chi connectivity index (χ1) is 8.79. The van der Waals surface area contributed by atoms with Gasteiger partial charge in [-0.1, -0.05) is 0 Å². The van der Waals surface area contributed by atoms with Crippen LogP contribution in [0.5, 0.6) is 0 Å². The number of aromatic nitrogens is 4. The first-order valence-electron chi connectivity index (χ1n) is 5.54. The summed E-state index contributed by atoms with van der Waals surface area (Å²) in [4.78, 5) is 13.3. The lowest BCUT2D eigenvalue weighted by atomic mass is 10.3. The molecule has 0 spiro atoms. The number of thiazole rings is 1. The molecular formula is C12H11ClN4S. The SMILES string of the molecule is Cc1ccnc2c1nc(CCl)n2Cc1nccs1. The van der Waals surface area contributed by atoms with Crippen molar-refractivity contribution in [2.45, 2.75) is 19.3 Å². The third-order valence-electron chi connectivity index (χ3n) is 2.81. The summed E-state index contributed by atoms with van der Waals surface area (Å²) < 4.78 is 2.04. The molecular weight excluding hydrogens is 268 g/mol. The Labute approximate surface area is 113 Å². The summed E-state index contributed by atoms with van der Waals surface area (Å²) >= 11 is 7.59. The zero-order valence-corrected chi connectivity index (χ0v) is 11.4. The minimum absolute atomic E-state index is 0.376. The predicted molar refractivity (Wildman–Crippen MR) is 73.0 cm³/mol. The van der Waals surface area contributed by atoms with Gasteiger partial charge in [-0.3, -0.25) is 0 Å². The normalized spacial score (nSPS) is 11.2. The zero-order chi connectivity index (χ0) is 12.5. The van der Waals surface area contributed by atoms with E-state index in [4.69, 9.17) is 11.6 Å². The molecule has 3 aromatic heterocycles. The number of aryl methyl sites for hydroxylation is 1. The molecule has 0 bridgehead atoms. The van der Waals surface area contributed by atoms with Crippen LogP contribution in [0.15, 0.2) is 23.8 Å². The van der Waals surface area contributed by atoms with Gasteiger partial charge in [-0.05, 0) is 18.6 Å². The van der Waals surface area contributed by atoms with Gasteiger partial charge in [-0.2, -0.15) is 0 Å². The van der Waals surface area contributed by atoms with Crippen LogP contribution in [0.4, 0.5) is 0 Å². The molecule has 0 radical (unpaired) electrons. The van der Waals surface area contributed by atoms with Crippen LogP contribution in [-0.2, 0) is 12.4 Å². The molecule has 3 heterocycles. The van der Waals surface area contributed by atoms with E-state index < -0.39 is 0 Å². The van der Waals surface area contributed by atoms with Crippen molar-refractivity contribution < 1.29 is 0 Å². The minimum atomic E-state index is 0.376. The van der Waals surface area contributed by atoms with E-state index in [-0.39, 0.29) is 0 Å². The third kappa shape index (κ3) is 1.89. The summed E-state index contributed by atoms with van der Waals surface area (Å²) in [6.07, 6.45) is 3.61. The van der Waals surface area contributed by atoms with Crippen molar-refractivity contribution in [3.05, 3.63) is 40.2 Å². The van der Waals surface area contributed by atoms with Crippen LogP contribution in [-0.4, -0.2) is 19.5 Å². The lowest BCUT2D eigenvalue weighted by Gasteiger charge is -2.04. The highest BCUT2D eigenvalue weighted by Crippen LogP contribution is 2.20. The Hall–Kier alpha value is -1.46. The average Bonchev–Trinajstić information content (AvgIpc) is 2.99. The van der Waals surface area contributed by atoms with Gasteiger partial charge in [-0.25, -0.2) is 15.0 Å². The van der Waals surface area contributed by atoms with Crippen molar-refractivity contribution in [1.29, 1.82) is 0 Å². The van der Waals surface area contributed by atoms with Gasteiger partial charge in [0.05, 0.1) is 12.4 Å². The molecule has 0 atom stereocenters. The number of hydrogen-bond donors (Lipinski definition) is 0. The average molecular weight is 279 g/mol. The summed E-state index contributed by atoms with van der Waals surface area (Å²) in [7, 11) is 0. The number of alkyl halides is 1. The lowest BCUT2D eigenvalue weighted by molar-refractivity contribution is 0.765. The van der Waals surface area contributed by atoms with E-state index in [1.54, 1.807) is 23.7 Å². The second-order valence-corrected chi connectivity index (χ2v) is 5.22. The molecule has 18 heavy (non-hydrogen) atoms.